The fraction of sp³-hybridized carbons (Fsp3) is 1.00. The first-order valence-electron chi connectivity index (χ1n) is 8.50. The van der Waals surface area contributed by atoms with E-state index in [0.717, 1.165) is 26.0 Å². The molecule has 0 aromatic carbocycles. The van der Waals surface area contributed by atoms with Crippen LogP contribution in [0.3, 0.4) is 0 Å². The van der Waals surface area contributed by atoms with E-state index in [2.05, 4.69) is 26.1 Å². The van der Waals surface area contributed by atoms with Crippen molar-refractivity contribution in [1.29, 1.82) is 0 Å². The molecule has 2 unspecified atom stereocenters. The maximum atomic E-state index is 9.28. The van der Waals surface area contributed by atoms with Gasteiger partial charge in [-0.05, 0) is 51.0 Å². The Morgan fingerprint density at radius 1 is 1.30 bits per heavy atom. The molecule has 2 aliphatic rings. The van der Waals surface area contributed by atoms with Crippen LogP contribution in [0.1, 0.15) is 65.7 Å². The van der Waals surface area contributed by atoms with E-state index >= 15 is 0 Å². The van der Waals surface area contributed by atoms with Gasteiger partial charge >= 0.3 is 0 Å². The van der Waals surface area contributed by atoms with Crippen molar-refractivity contribution >= 4 is 0 Å². The molecule has 2 saturated carbocycles. The zero-order chi connectivity index (χ0) is 14.6. The molecule has 2 N–H and O–H groups in total. The van der Waals surface area contributed by atoms with E-state index in [-0.39, 0.29) is 12.0 Å². The highest BCUT2D eigenvalue weighted by atomic mass is 16.5. The first kappa shape index (κ1) is 16.3. The van der Waals surface area contributed by atoms with Crippen molar-refractivity contribution < 1.29 is 9.84 Å². The lowest BCUT2D eigenvalue weighted by Gasteiger charge is -2.54. The lowest BCUT2D eigenvalue weighted by atomic mass is 9.60. The Labute approximate surface area is 124 Å². The van der Waals surface area contributed by atoms with Crippen molar-refractivity contribution in [2.75, 3.05) is 19.8 Å². The highest BCUT2D eigenvalue weighted by Gasteiger charge is 2.56. The van der Waals surface area contributed by atoms with Crippen molar-refractivity contribution in [3.63, 3.8) is 0 Å². The predicted octanol–water partition coefficient (Wildman–Crippen LogP) is 3.11. The Morgan fingerprint density at radius 3 is 2.60 bits per heavy atom. The third-order valence-electron chi connectivity index (χ3n) is 5.54. The molecule has 118 valence electrons. The van der Waals surface area contributed by atoms with Crippen molar-refractivity contribution in [2.24, 2.45) is 10.8 Å². The molecular formula is C17H33NO2. The monoisotopic (exact) mass is 283 g/mol. The van der Waals surface area contributed by atoms with Crippen molar-refractivity contribution in [3.8, 4) is 0 Å². The summed E-state index contributed by atoms with van der Waals surface area (Å²) >= 11 is 0. The summed E-state index contributed by atoms with van der Waals surface area (Å²) in [4.78, 5) is 0. The summed E-state index contributed by atoms with van der Waals surface area (Å²) in [5, 5.41) is 13.1. The van der Waals surface area contributed by atoms with Gasteiger partial charge in [-0.25, -0.2) is 0 Å². The van der Waals surface area contributed by atoms with E-state index in [1.54, 1.807) is 0 Å². The van der Waals surface area contributed by atoms with Gasteiger partial charge in [0.15, 0.2) is 0 Å². The number of hydrogen-bond donors (Lipinski definition) is 2. The number of ether oxygens (including phenoxy) is 1. The van der Waals surface area contributed by atoms with Crippen LogP contribution >= 0.6 is 0 Å². The molecule has 0 aliphatic heterocycles. The lowest BCUT2D eigenvalue weighted by molar-refractivity contribution is -0.130. The van der Waals surface area contributed by atoms with Crippen LogP contribution in [0, 0.1) is 10.8 Å². The number of aliphatic hydroxyl groups is 1. The highest BCUT2D eigenvalue weighted by molar-refractivity contribution is 5.09. The van der Waals surface area contributed by atoms with Crippen LogP contribution in [0.25, 0.3) is 0 Å². The molecular weight excluding hydrogens is 250 g/mol. The molecule has 0 bridgehead atoms. The van der Waals surface area contributed by atoms with Gasteiger partial charge < -0.3 is 15.2 Å². The molecule has 0 amide bonds. The van der Waals surface area contributed by atoms with E-state index < -0.39 is 0 Å². The summed E-state index contributed by atoms with van der Waals surface area (Å²) in [6, 6.07) is 0.666. The molecule has 2 atom stereocenters. The average Bonchev–Trinajstić information content (AvgIpc) is 2.93. The Bertz CT molecular complexity index is 297. The summed E-state index contributed by atoms with van der Waals surface area (Å²) in [5.41, 5.74) is 0.517. The minimum Gasteiger partial charge on any atom is -0.396 e. The molecule has 2 fully saturated rings. The first-order valence-corrected chi connectivity index (χ1v) is 8.50. The van der Waals surface area contributed by atoms with Gasteiger partial charge in [0.05, 0.1) is 6.10 Å². The fourth-order valence-corrected chi connectivity index (χ4v) is 4.10. The van der Waals surface area contributed by atoms with Gasteiger partial charge in [-0.15, -0.1) is 0 Å². The van der Waals surface area contributed by atoms with E-state index in [1.165, 1.54) is 32.1 Å². The molecule has 2 rings (SSSR count). The van der Waals surface area contributed by atoms with Gasteiger partial charge in [0.2, 0.25) is 0 Å². The zero-order valence-corrected chi connectivity index (χ0v) is 13.6. The number of aliphatic hydroxyl groups excluding tert-OH is 1. The van der Waals surface area contributed by atoms with Gasteiger partial charge in [-0.1, -0.05) is 26.7 Å². The van der Waals surface area contributed by atoms with E-state index in [9.17, 15) is 5.11 Å². The molecule has 3 nitrogen and oxygen atoms in total. The van der Waals surface area contributed by atoms with Gasteiger partial charge in [0.25, 0.3) is 0 Å². The quantitative estimate of drug-likeness (QED) is 0.673. The summed E-state index contributed by atoms with van der Waals surface area (Å²) in [7, 11) is 0. The normalized spacial score (nSPS) is 28.8. The van der Waals surface area contributed by atoms with Crippen LogP contribution in [0.15, 0.2) is 0 Å². The number of nitrogens with one attached hydrogen (secondary N) is 1. The topological polar surface area (TPSA) is 41.5 Å². The first-order chi connectivity index (χ1) is 9.54. The molecule has 0 heterocycles. The maximum absolute atomic E-state index is 9.28. The lowest BCUT2D eigenvalue weighted by Crippen LogP contribution is -2.62. The third-order valence-corrected chi connectivity index (χ3v) is 5.54. The van der Waals surface area contributed by atoms with Crippen LogP contribution in [0.2, 0.25) is 0 Å². The Morgan fingerprint density at radius 2 is 2.00 bits per heavy atom. The SMILES string of the molecule is CCOC1CC(NCCCC(C)(C)CO)C12CCCC2. The van der Waals surface area contributed by atoms with E-state index in [4.69, 9.17) is 4.74 Å². The van der Waals surface area contributed by atoms with Gasteiger partial charge in [-0.2, -0.15) is 0 Å². The zero-order valence-electron chi connectivity index (χ0n) is 13.6. The van der Waals surface area contributed by atoms with Gasteiger partial charge in [0.1, 0.15) is 0 Å². The fourth-order valence-electron chi connectivity index (χ4n) is 4.10. The molecule has 1 spiro atoms. The maximum Gasteiger partial charge on any atom is 0.0661 e. The molecule has 0 saturated heterocycles. The third kappa shape index (κ3) is 3.37. The largest absolute Gasteiger partial charge is 0.396 e. The number of rotatable bonds is 8. The second-order valence-corrected chi connectivity index (χ2v) is 7.55. The standard InChI is InChI=1S/C17H33NO2/c1-4-20-15-12-14(17(15)9-5-6-10-17)18-11-7-8-16(2,3)13-19/h14-15,18-19H,4-13H2,1-3H3. The Balaban J connectivity index is 1.74. The summed E-state index contributed by atoms with van der Waals surface area (Å²) < 4.78 is 5.95. The van der Waals surface area contributed by atoms with Crippen molar-refractivity contribution in [3.05, 3.63) is 0 Å². The highest BCUT2D eigenvalue weighted by Crippen LogP contribution is 2.54. The van der Waals surface area contributed by atoms with Crippen LogP contribution in [0.5, 0.6) is 0 Å². The molecule has 0 aromatic heterocycles. The van der Waals surface area contributed by atoms with Crippen LogP contribution in [-0.2, 0) is 4.74 Å². The van der Waals surface area contributed by atoms with Gasteiger partial charge in [-0.3, -0.25) is 0 Å². The van der Waals surface area contributed by atoms with E-state index in [1.807, 2.05) is 0 Å². The Kier molecular flexibility index (Phi) is 5.49. The Hall–Kier alpha value is -0.120. The molecule has 2 aliphatic carbocycles. The molecule has 0 radical (unpaired) electrons. The molecule has 20 heavy (non-hydrogen) atoms. The minimum absolute atomic E-state index is 0.0696. The summed E-state index contributed by atoms with van der Waals surface area (Å²) in [6.07, 6.45) is 9.37. The molecule has 0 aromatic rings. The van der Waals surface area contributed by atoms with E-state index in [0.29, 0.717) is 17.6 Å². The van der Waals surface area contributed by atoms with Gasteiger partial charge in [0, 0.05) is 24.7 Å². The predicted molar refractivity (Wildman–Crippen MR) is 82.8 cm³/mol. The van der Waals surface area contributed by atoms with Crippen LogP contribution in [-0.4, -0.2) is 37.0 Å². The summed E-state index contributed by atoms with van der Waals surface area (Å²) in [6.45, 7) is 8.60. The summed E-state index contributed by atoms with van der Waals surface area (Å²) in [5.74, 6) is 0. The van der Waals surface area contributed by atoms with Crippen LogP contribution in [0.4, 0.5) is 0 Å². The van der Waals surface area contributed by atoms with Crippen molar-refractivity contribution in [2.45, 2.75) is 77.9 Å². The smallest absolute Gasteiger partial charge is 0.0661 e. The van der Waals surface area contributed by atoms with Crippen molar-refractivity contribution in [1.82, 2.24) is 5.32 Å². The average molecular weight is 283 g/mol. The van der Waals surface area contributed by atoms with Crippen LogP contribution < -0.4 is 5.32 Å². The molecule has 3 heteroatoms. The minimum atomic E-state index is 0.0696. The number of hydrogen-bond acceptors (Lipinski definition) is 3. The second kappa shape index (κ2) is 6.76. The second-order valence-electron chi connectivity index (χ2n) is 7.55.